The van der Waals surface area contributed by atoms with E-state index in [9.17, 15) is 0 Å². The van der Waals surface area contributed by atoms with Gasteiger partial charge >= 0.3 is 0 Å². The summed E-state index contributed by atoms with van der Waals surface area (Å²) in [6.07, 6.45) is 3.59. The molecular weight excluding hydrogens is 486 g/mol. The van der Waals surface area contributed by atoms with Crippen molar-refractivity contribution in [1.82, 2.24) is 15.0 Å². The van der Waals surface area contributed by atoms with Crippen LogP contribution in [0.5, 0.6) is 0 Å². The second kappa shape index (κ2) is 9.11. The molecule has 0 aliphatic rings. The molecule has 0 unspecified atom stereocenters. The van der Waals surface area contributed by atoms with E-state index in [1.54, 1.807) is 12.4 Å². The van der Waals surface area contributed by atoms with E-state index in [4.69, 9.17) is 9.97 Å². The van der Waals surface area contributed by atoms with Crippen molar-refractivity contribution in [2.45, 2.75) is 0 Å². The largest absolute Gasteiger partial charge is 0.265 e. The van der Waals surface area contributed by atoms with E-state index >= 15 is 0 Å². The Labute approximate surface area is 231 Å². The first kappa shape index (κ1) is 22.6. The van der Waals surface area contributed by atoms with Crippen LogP contribution in [0, 0.1) is 0 Å². The van der Waals surface area contributed by atoms with Crippen LogP contribution in [0.4, 0.5) is 0 Å². The highest BCUT2D eigenvalue weighted by atomic mass is 14.7. The lowest BCUT2D eigenvalue weighted by Gasteiger charge is -2.12. The average Bonchev–Trinajstić information content (AvgIpc) is 3.03. The van der Waals surface area contributed by atoms with Crippen LogP contribution in [0.1, 0.15) is 0 Å². The standard InChI is InChI=1S/C37H23N3/c1-2-6-31-24(4-1)8-11-28-5-3-7-32(37(28)31)29-12-9-25-15-17-34(40-35(25)22-29)30-13-10-26-14-16-33(39-36(26)23-30)27-18-20-38-21-19-27/h1-23H. The first-order valence-corrected chi connectivity index (χ1v) is 13.4. The molecule has 0 radical (unpaired) electrons. The number of hydrogen-bond acceptors (Lipinski definition) is 3. The van der Waals surface area contributed by atoms with E-state index in [0.29, 0.717) is 0 Å². The molecule has 0 spiro atoms. The van der Waals surface area contributed by atoms with Gasteiger partial charge in [-0.3, -0.25) is 4.98 Å². The minimum Gasteiger partial charge on any atom is -0.265 e. The zero-order chi connectivity index (χ0) is 26.5. The monoisotopic (exact) mass is 509 g/mol. The summed E-state index contributed by atoms with van der Waals surface area (Å²) >= 11 is 0. The molecule has 3 heterocycles. The Kier molecular flexibility index (Phi) is 5.14. The van der Waals surface area contributed by atoms with Crippen LogP contribution >= 0.6 is 0 Å². The van der Waals surface area contributed by atoms with Crippen LogP contribution in [0.2, 0.25) is 0 Å². The molecule has 0 amide bonds. The lowest BCUT2D eigenvalue weighted by molar-refractivity contribution is 1.31. The van der Waals surface area contributed by atoms with E-state index in [2.05, 4.69) is 120 Å². The van der Waals surface area contributed by atoms with E-state index in [0.717, 1.165) is 44.3 Å². The fourth-order valence-corrected chi connectivity index (χ4v) is 5.71. The third-order valence-corrected chi connectivity index (χ3v) is 7.74. The van der Waals surface area contributed by atoms with E-state index in [-0.39, 0.29) is 0 Å². The van der Waals surface area contributed by atoms with Crippen LogP contribution < -0.4 is 0 Å². The van der Waals surface area contributed by atoms with Crippen molar-refractivity contribution in [3.63, 3.8) is 0 Å². The predicted molar refractivity (Wildman–Crippen MR) is 166 cm³/mol. The van der Waals surface area contributed by atoms with Gasteiger partial charge < -0.3 is 0 Å². The Morgan fingerprint density at radius 2 is 1.00 bits per heavy atom. The summed E-state index contributed by atoms with van der Waals surface area (Å²) in [5.74, 6) is 0. The zero-order valence-electron chi connectivity index (χ0n) is 21.6. The molecule has 3 aromatic heterocycles. The van der Waals surface area contributed by atoms with E-state index < -0.39 is 0 Å². The molecule has 8 rings (SSSR count). The van der Waals surface area contributed by atoms with Gasteiger partial charge in [-0.05, 0) is 69.1 Å². The SMILES string of the molecule is c1ccc2c(c1)ccc1cccc(-c3ccc4ccc(-c5ccc6ccc(-c7ccncc7)nc6c5)nc4c3)c12. The van der Waals surface area contributed by atoms with E-state index in [1.807, 2.05) is 12.1 Å². The normalized spacial score (nSPS) is 11.5. The number of fused-ring (bicyclic) bond motifs is 5. The van der Waals surface area contributed by atoms with Gasteiger partial charge in [0.2, 0.25) is 0 Å². The van der Waals surface area contributed by atoms with Crippen LogP contribution in [0.15, 0.2) is 140 Å². The Morgan fingerprint density at radius 1 is 0.400 bits per heavy atom. The number of hydrogen-bond donors (Lipinski definition) is 0. The van der Waals surface area contributed by atoms with Crippen molar-refractivity contribution in [2.24, 2.45) is 0 Å². The third-order valence-electron chi connectivity index (χ3n) is 7.74. The summed E-state index contributed by atoms with van der Waals surface area (Å²) in [6, 6.07) is 45.0. The fourth-order valence-electron chi connectivity index (χ4n) is 5.71. The summed E-state index contributed by atoms with van der Waals surface area (Å²) in [5.41, 5.74) is 8.30. The van der Waals surface area contributed by atoms with Gasteiger partial charge in [-0.15, -0.1) is 0 Å². The topological polar surface area (TPSA) is 38.7 Å². The molecule has 186 valence electrons. The Morgan fingerprint density at radius 3 is 1.80 bits per heavy atom. The minimum absolute atomic E-state index is 0.936. The molecule has 0 aliphatic carbocycles. The molecule has 0 aliphatic heterocycles. The van der Waals surface area contributed by atoms with Gasteiger partial charge in [0.25, 0.3) is 0 Å². The molecule has 0 fully saturated rings. The van der Waals surface area contributed by atoms with Gasteiger partial charge in [0, 0.05) is 34.3 Å². The fraction of sp³-hybridized carbons (Fsp3) is 0. The van der Waals surface area contributed by atoms with Gasteiger partial charge in [-0.1, -0.05) is 91.0 Å². The zero-order valence-corrected chi connectivity index (χ0v) is 21.6. The molecule has 3 heteroatoms. The first-order chi connectivity index (χ1) is 19.8. The van der Waals surface area contributed by atoms with Crippen molar-refractivity contribution < 1.29 is 0 Å². The van der Waals surface area contributed by atoms with Crippen LogP contribution in [-0.2, 0) is 0 Å². The first-order valence-electron chi connectivity index (χ1n) is 13.4. The predicted octanol–water partition coefficient (Wildman–Crippen LogP) is 9.49. The second-order valence-electron chi connectivity index (χ2n) is 10.1. The molecule has 5 aromatic carbocycles. The highest BCUT2D eigenvalue weighted by Gasteiger charge is 2.10. The lowest BCUT2D eigenvalue weighted by Crippen LogP contribution is -1.90. The summed E-state index contributed by atoms with van der Waals surface area (Å²) < 4.78 is 0. The number of rotatable bonds is 3. The van der Waals surface area contributed by atoms with Crippen molar-refractivity contribution in [1.29, 1.82) is 0 Å². The summed E-state index contributed by atoms with van der Waals surface area (Å²) in [5, 5.41) is 7.27. The van der Waals surface area contributed by atoms with Gasteiger partial charge in [-0.2, -0.15) is 0 Å². The maximum absolute atomic E-state index is 5.13. The van der Waals surface area contributed by atoms with Crippen molar-refractivity contribution in [3.05, 3.63) is 140 Å². The van der Waals surface area contributed by atoms with Gasteiger partial charge in [0.05, 0.1) is 22.4 Å². The average molecular weight is 510 g/mol. The Balaban J connectivity index is 1.25. The van der Waals surface area contributed by atoms with Gasteiger partial charge in [0.1, 0.15) is 0 Å². The van der Waals surface area contributed by atoms with Crippen molar-refractivity contribution >= 4 is 43.4 Å². The van der Waals surface area contributed by atoms with Crippen LogP contribution in [-0.4, -0.2) is 15.0 Å². The second-order valence-corrected chi connectivity index (χ2v) is 10.1. The molecule has 3 nitrogen and oxygen atoms in total. The van der Waals surface area contributed by atoms with E-state index in [1.165, 1.54) is 32.7 Å². The number of pyridine rings is 3. The molecule has 0 saturated carbocycles. The third kappa shape index (κ3) is 3.79. The highest BCUT2D eigenvalue weighted by Crippen LogP contribution is 2.36. The van der Waals surface area contributed by atoms with Crippen molar-refractivity contribution in [3.8, 4) is 33.6 Å². The molecule has 0 saturated heterocycles. The minimum atomic E-state index is 0.936. The number of nitrogens with zero attached hydrogens (tertiary/aromatic N) is 3. The quantitative estimate of drug-likeness (QED) is 0.223. The molecule has 8 aromatic rings. The molecule has 0 atom stereocenters. The van der Waals surface area contributed by atoms with Crippen LogP contribution in [0.25, 0.3) is 77.0 Å². The number of benzene rings is 5. The van der Waals surface area contributed by atoms with Gasteiger partial charge in [-0.25, -0.2) is 9.97 Å². The Hall–Kier alpha value is -5.41. The van der Waals surface area contributed by atoms with Crippen LogP contribution in [0.3, 0.4) is 0 Å². The lowest BCUT2D eigenvalue weighted by atomic mass is 9.93. The highest BCUT2D eigenvalue weighted by molar-refractivity contribution is 6.14. The summed E-state index contributed by atoms with van der Waals surface area (Å²) in [7, 11) is 0. The molecule has 0 bridgehead atoms. The molecule has 0 N–H and O–H groups in total. The van der Waals surface area contributed by atoms with Gasteiger partial charge in [0.15, 0.2) is 0 Å². The number of aromatic nitrogens is 3. The van der Waals surface area contributed by atoms with Crippen molar-refractivity contribution in [2.75, 3.05) is 0 Å². The maximum Gasteiger partial charge on any atom is 0.0716 e. The molecular formula is C37H23N3. The smallest absolute Gasteiger partial charge is 0.0716 e. The summed E-state index contributed by atoms with van der Waals surface area (Å²) in [6.45, 7) is 0. The summed E-state index contributed by atoms with van der Waals surface area (Å²) in [4.78, 5) is 14.2. The Bertz CT molecular complexity index is 2220. The maximum atomic E-state index is 5.13. The molecule has 40 heavy (non-hydrogen) atoms.